The molecule has 0 aliphatic heterocycles. The fourth-order valence-electron chi connectivity index (χ4n) is 4.24. The number of hydrogen-bond acceptors (Lipinski definition) is 4. The lowest BCUT2D eigenvalue weighted by molar-refractivity contribution is -0.123. The molecule has 0 bridgehead atoms. The van der Waals surface area contributed by atoms with Crippen LogP contribution in [0, 0.1) is 13.8 Å². The molecular weight excluding hydrogens is 509 g/mol. The van der Waals surface area contributed by atoms with E-state index in [2.05, 4.69) is 16.0 Å². The van der Waals surface area contributed by atoms with E-state index in [1.807, 2.05) is 51.1 Å². The number of carbonyl (C=O) groups excluding carboxylic acids is 1. The molecule has 0 saturated carbocycles. The Bertz CT molecular complexity index is 1350. The molecular formula is C29H31Cl2N3O3. The van der Waals surface area contributed by atoms with E-state index in [1.165, 1.54) is 0 Å². The molecule has 1 unspecified atom stereocenters. The van der Waals surface area contributed by atoms with Gasteiger partial charge in [-0.05, 0) is 93.3 Å². The molecule has 0 fully saturated rings. The van der Waals surface area contributed by atoms with Gasteiger partial charge in [-0.25, -0.2) is 4.98 Å². The molecule has 4 aromatic rings. The van der Waals surface area contributed by atoms with Crippen molar-refractivity contribution in [1.82, 2.24) is 14.9 Å². The summed E-state index contributed by atoms with van der Waals surface area (Å²) in [6.07, 6.45) is 1.78. The Kier molecular flexibility index (Phi) is 8.95. The average Bonchev–Trinajstić information content (AvgIpc) is 3.25. The highest BCUT2D eigenvalue weighted by Gasteiger charge is 2.18. The molecule has 0 aliphatic rings. The van der Waals surface area contributed by atoms with Crippen molar-refractivity contribution in [1.29, 1.82) is 0 Å². The predicted molar refractivity (Wildman–Crippen MR) is 149 cm³/mol. The summed E-state index contributed by atoms with van der Waals surface area (Å²) in [5.74, 6) is 2.02. The lowest BCUT2D eigenvalue weighted by Gasteiger charge is -2.17. The molecule has 0 spiro atoms. The topological polar surface area (TPSA) is 65.4 Å². The third-order valence-electron chi connectivity index (χ3n) is 6.09. The number of halogens is 2. The van der Waals surface area contributed by atoms with Gasteiger partial charge in [0, 0.05) is 16.6 Å². The van der Waals surface area contributed by atoms with Crippen molar-refractivity contribution in [3.63, 3.8) is 0 Å². The van der Waals surface area contributed by atoms with Gasteiger partial charge in [-0.3, -0.25) is 4.79 Å². The molecule has 194 valence electrons. The smallest absolute Gasteiger partial charge is 0.258 e. The van der Waals surface area contributed by atoms with E-state index in [1.54, 1.807) is 24.3 Å². The van der Waals surface area contributed by atoms with Crippen molar-refractivity contribution >= 4 is 40.1 Å². The van der Waals surface area contributed by atoms with Crippen LogP contribution in [-0.4, -0.2) is 28.7 Å². The first-order valence-electron chi connectivity index (χ1n) is 12.3. The number of nitrogens with zero attached hydrogens (tertiary/aromatic N) is 2. The van der Waals surface area contributed by atoms with Crippen LogP contribution in [0.4, 0.5) is 0 Å². The maximum absolute atomic E-state index is 12.6. The number of hydrogen-bond donors (Lipinski definition) is 1. The van der Waals surface area contributed by atoms with Crippen LogP contribution in [0.25, 0.3) is 11.0 Å². The van der Waals surface area contributed by atoms with Gasteiger partial charge in [-0.2, -0.15) is 0 Å². The fourth-order valence-corrected chi connectivity index (χ4v) is 4.47. The number of amides is 1. The van der Waals surface area contributed by atoms with Gasteiger partial charge in [-0.1, -0.05) is 35.3 Å². The number of nitrogens with one attached hydrogen (secondary N) is 1. The van der Waals surface area contributed by atoms with Gasteiger partial charge in [-0.15, -0.1) is 0 Å². The van der Waals surface area contributed by atoms with Crippen LogP contribution in [0.1, 0.15) is 42.8 Å². The number of imidazole rings is 1. The van der Waals surface area contributed by atoms with E-state index in [-0.39, 0.29) is 18.6 Å². The number of benzene rings is 3. The lowest BCUT2D eigenvalue weighted by atomic mass is 10.1. The summed E-state index contributed by atoms with van der Waals surface area (Å²) in [7, 11) is 0. The predicted octanol–water partition coefficient (Wildman–Crippen LogP) is 7.08. The van der Waals surface area contributed by atoms with Gasteiger partial charge in [0.2, 0.25) is 0 Å². The molecule has 0 saturated heterocycles. The second kappa shape index (κ2) is 12.3. The third-order valence-corrected chi connectivity index (χ3v) is 6.94. The van der Waals surface area contributed by atoms with Crippen LogP contribution in [0.5, 0.6) is 11.5 Å². The fraction of sp³-hybridized carbons (Fsp3) is 0.310. The van der Waals surface area contributed by atoms with E-state index in [0.717, 1.165) is 58.1 Å². The number of rotatable bonds is 11. The zero-order valence-corrected chi connectivity index (χ0v) is 22.8. The largest absolute Gasteiger partial charge is 0.494 e. The Morgan fingerprint density at radius 2 is 1.68 bits per heavy atom. The minimum absolute atomic E-state index is 0.0901. The van der Waals surface area contributed by atoms with Gasteiger partial charge in [0.25, 0.3) is 5.91 Å². The van der Waals surface area contributed by atoms with E-state index < -0.39 is 0 Å². The van der Waals surface area contributed by atoms with Crippen LogP contribution in [-0.2, 0) is 11.3 Å². The van der Waals surface area contributed by atoms with Crippen LogP contribution in [0.2, 0.25) is 10.0 Å². The molecule has 1 atom stereocenters. The lowest BCUT2D eigenvalue weighted by Crippen LogP contribution is -2.32. The van der Waals surface area contributed by atoms with Crippen molar-refractivity contribution in [2.75, 3.05) is 13.2 Å². The molecule has 0 aliphatic carbocycles. The summed E-state index contributed by atoms with van der Waals surface area (Å²) >= 11 is 12.2. The summed E-state index contributed by atoms with van der Waals surface area (Å²) < 4.78 is 13.7. The SMILES string of the molecule is Cc1cc(OCCCCn2c(C(C)NC(=O)COc3ccc(Cl)cc3)nc3ccccc32)cc(C)c1Cl. The first-order valence-corrected chi connectivity index (χ1v) is 13.1. The summed E-state index contributed by atoms with van der Waals surface area (Å²) in [6.45, 7) is 7.19. The van der Waals surface area contributed by atoms with Crippen molar-refractivity contribution < 1.29 is 14.3 Å². The molecule has 37 heavy (non-hydrogen) atoms. The highest BCUT2D eigenvalue weighted by Crippen LogP contribution is 2.26. The average molecular weight is 540 g/mol. The molecule has 4 rings (SSSR count). The van der Waals surface area contributed by atoms with Gasteiger partial charge in [0.15, 0.2) is 6.61 Å². The summed E-state index contributed by atoms with van der Waals surface area (Å²) in [5, 5.41) is 4.41. The van der Waals surface area contributed by atoms with Crippen molar-refractivity contribution in [2.45, 2.75) is 46.2 Å². The van der Waals surface area contributed by atoms with Gasteiger partial charge < -0.3 is 19.4 Å². The maximum atomic E-state index is 12.6. The first-order chi connectivity index (χ1) is 17.8. The Balaban J connectivity index is 1.35. The summed E-state index contributed by atoms with van der Waals surface area (Å²) in [6, 6.07) is 18.6. The number of fused-ring (bicyclic) bond motifs is 1. The molecule has 1 aromatic heterocycles. The number of para-hydroxylation sites is 2. The minimum atomic E-state index is -0.287. The Labute approximate surface area is 227 Å². The van der Waals surface area contributed by atoms with Crippen molar-refractivity contribution in [2.24, 2.45) is 0 Å². The number of aromatic nitrogens is 2. The van der Waals surface area contributed by atoms with E-state index in [9.17, 15) is 4.79 Å². The Hall–Kier alpha value is -3.22. The number of unbranched alkanes of at least 4 members (excludes halogenated alkanes) is 1. The first kappa shape index (κ1) is 26.8. The minimum Gasteiger partial charge on any atom is -0.494 e. The zero-order valence-electron chi connectivity index (χ0n) is 21.3. The summed E-state index contributed by atoms with van der Waals surface area (Å²) in [4.78, 5) is 17.4. The van der Waals surface area contributed by atoms with Crippen LogP contribution in [0.3, 0.4) is 0 Å². The number of ether oxygens (including phenoxy) is 2. The normalized spacial score (nSPS) is 11.9. The van der Waals surface area contributed by atoms with Crippen LogP contribution in [0.15, 0.2) is 60.7 Å². The monoisotopic (exact) mass is 539 g/mol. The second-order valence-electron chi connectivity index (χ2n) is 9.07. The molecule has 1 N–H and O–H groups in total. The van der Waals surface area contributed by atoms with Crippen molar-refractivity contribution in [3.05, 3.63) is 87.7 Å². The standard InChI is InChI=1S/C29H31Cl2N3O3/c1-19-16-24(17-20(2)28(19)31)36-15-7-6-14-34-26-9-5-4-8-25(26)33-29(34)21(3)32-27(35)18-37-23-12-10-22(30)11-13-23/h4-5,8-13,16-17,21H,6-7,14-15,18H2,1-3H3,(H,32,35). The van der Waals surface area contributed by atoms with Gasteiger partial charge in [0.05, 0.1) is 23.7 Å². The van der Waals surface area contributed by atoms with E-state index >= 15 is 0 Å². The zero-order chi connectivity index (χ0) is 26.4. The molecule has 1 amide bonds. The maximum Gasteiger partial charge on any atom is 0.258 e. The molecule has 8 heteroatoms. The number of carbonyl (C=O) groups is 1. The highest BCUT2D eigenvalue weighted by atomic mass is 35.5. The Morgan fingerprint density at radius 3 is 2.41 bits per heavy atom. The summed E-state index contributed by atoms with van der Waals surface area (Å²) in [5.41, 5.74) is 3.97. The molecule has 1 heterocycles. The van der Waals surface area contributed by atoms with Crippen LogP contribution >= 0.6 is 23.2 Å². The quantitative estimate of drug-likeness (QED) is 0.207. The number of aryl methyl sites for hydroxylation is 3. The van der Waals surface area contributed by atoms with Crippen molar-refractivity contribution in [3.8, 4) is 11.5 Å². The molecule has 6 nitrogen and oxygen atoms in total. The molecule has 0 radical (unpaired) electrons. The van der Waals surface area contributed by atoms with E-state index in [4.69, 9.17) is 37.7 Å². The van der Waals surface area contributed by atoms with E-state index in [0.29, 0.717) is 17.4 Å². The van der Waals surface area contributed by atoms with Gasteiger partial charge in [0.1, 0.15) is 17.3 Å². The Morgan fingerprint density at radius 1 is 0.973 bits per heavy atom. The highest BCUT2D eigenvalue weighted by molar-refractivity contribution is 6.32. The second-order valence-corrected chi connectivity index (χ2v) is 9.88. The van der Waals surface area contributed by atoms with Crippen LogP contribution < -0.4 is 14.8 Å². The third kappa shape index (κ3) is 6.96. The molecule has 3 aromatic carbocycles. The van der Waals surface area contributed by atoms with Gasteiger partial charge >= 0.3 is 0 Å².